The molecule has 0 saturated carbocycles. The Morgan fingerprint density at radius 3 is 2.89 bits per heavy atom. The number of carbonyl (C=O) groups excluding carboxylic acids is 1. The normalized spacial score (nSPS) is 11.1. The average molecular weight is 433 g/mol. The highest BCUT2D eigenvalue weighted by atomic mass is 35.5. The fourth-order valence-corrected chi connectivity index (χ4v) is 4.82. The van der Waals surface area contributed by atoms with Crippen LogP contribution in [0.1, 0.15) is 21.8 Å². The number of thioether (sulfide) groups is 1. The molecule has 28 heavy (non-hydrogen) atoms. The fourth-order valence-electron chi connectivity index (χ4n) is 2.73. The number of anilines is 1. The topological polar surface area (TPSA) is 55.1 Å². The van der Waals surface area contributed by atoms with Crippen molar-refractivity contribution in [2.24, 2.45) is 0 Å². The van der Waals surface area contributed by atoms with Gasteiger partial charge >= 0.3 is 0 Å². The molecule has 0 saturated heterocycles. The van der Waals surface area contributed by atoms with Crippen LogP contribution in [0, 0.1) is 12.7 Å². The lowest BCUT2D eigenvalue weighted by Gasteiger charge is -2.07. The quantitative estimate of drug-likeness (QED) is 0.364. The van der Waals surface area contributed by atoms with Gasteiger partial charge in [0.05, 0.1) is 10.7 Å². The molecule has 0 aliphatic carbocycles. The molecule has 0 spiro atoms. The first-order valence-corrected chi connectivity index (χ1v) is 10.6. The lowest BCUT2D eigenvalue weighted by molar-refractivity contribution is 0.0998. The summed E-state index contributed by atoms with van der Waals surface area (Å²) in [5, 5.41) is 5.69. The second kappa shape index (κ2) is 7.95. The number of furan rings is 1. The largest absolute Gasteiger partial charge is 0.451 e. The van der Waals surface area contributed by atoms with Crippen LogP contribution >= 0.6 is 34.7 Å². The number of nitrogens with one attached hydrogen (secondary N) is 1. The van der Waals surface area contributed by atoms with Gasteiger partial charge < -0.3 is 9.73 Å². The lowest BCUT2D eigenvalue weighted by atomic mass is 10.1. The number of aryl methyl sites for hydroxylation is 1. The average Bonchev–Trinajstić information content (AvgIpc) is 3.25. The van der Waals surface area contributed by atoms with Gasteiger partial charge in [0.2, 0.25) is 0 Å². The van der Waals surface area contributed by atoms with E-state index >= 15 is 0 Å². The summed E-state index contributed by atoms with van der Waals surface area (Å²) in [6, 6.07) is 11.3. The highest BCUT2D eigenvalue weighted by molar-refractivity contribution is 8.00. The molecule has 0 aliphatic heterocycles. The van der Waals surface area contributed by atoms with Gasteiger partial charge in [-0.3, -0.25) is 4.79 Å². The number of para-hydroxylation sites is 1. The maximum Gasteiger partial charge on any atom is 0.291 e. The van der Waals surface area contributed by atoms with Gasteiger partial charge in [0.1, 0.15) is 15.7 Å². The molecule has 2 aromatic carbocycles. The summed E-state index contributed by atoms with van der Waals surface area (Å²) in [6.45, 7) is 1.94. The van der Waals surface area contributed by atoms with Crippen LogP contribution in [0.15, 0.2) is 56.6 Å². The van der Waals surface area contributed by atoms with E-state index in [9.17, 15) is 9.18 Å². The Kier molecular flexibility index (Phi) is 5.39. The minimum Gasteiger partial charge on any atom is -0.451 e. The molecule has 0 aliphatic rings. The van der Waals surface area contributed by atoms with Gasteiger partial charge in [-0.1, -0.05) is 41.6 Å². The van der Waals surface area contributed by atoms with Crippen molar-refractivity contribution in [2.75, 3.05) is 5.32 Å². The van der Waals surface area contributed by atoms with E-state index in [1.165, 1.54) is 12.1 Å². The zero-order valence-electron chi connectivity index (χ0n) is 14.7. The molecule has 2 heterocycles. The van der Waals surface area contributed by atoms with Crippen molar-refractivity contribution in [1.29, 1.82) is 0 Å². The summed E-state index contributed by atoms with van der Waals surface area (Å²) in [6.07, 6.45) is 0. The number of benzene rings is 2. The third-order valence-corrected chi connectivity index (χ3v) is 6.50. The summed E-state index contributed by atoms with van der Waals surface area (Å²) in [5.41, 5.74) is 2.70. The molecule has 1 amide bonds. The molecule has 4 nitrogen and oxygen atoms in total. The summed E-state index contributed by atoms with van der Waals surface area (Å²) in [7, 11) is 0. The Balaban J connectivity index is 1.66. The number of hydrogen-bond acceptors (Lipinski definition) is 5. The number of fused-ring (bicyclic) bond motifs is 1. The number of rotatable bonds is 5. The molecule has 0 atom stereocenters. The molecule has 0 bridgehead atoms. The van der Waals surface area contributed by atoms with Crippen LogP contribution in [0.4, 0.5) is 10.1 Å². The third-order valence-electron chi connectivity index (χ3n) is 4.02. The molecule has 4 rings (SSSR count). The minimum absolute atomic E-state index is 0.124. The maximum atomic E-state index is 13.3. The summed E-state index contributed by atoms with van der Waals surface area (Å²) >= 11 is 9.14. The molecule has 0 radical (unpaired) electrons. The number of carbonyl (C=O) groups is 1. The van der Waals surface area contributed by atoms with Gasteiger partial charge in [-0.25, -0.2) is 9.37 Å². The monoisotopic (exact) mass is 432 g/mol. The van der Waals surface area contributed by atoms with Crippen molar-refractivity contribution in [2.45, 2.75) is 17.0 Å². The van der Waals surface area contributed by atoms with Gasteiger partial charge in [0.15, 0.2) is 5.76 Å². The molecule has 1 N–H and O–H groups in total. The summed E-state index contributed by atoms with van der Waals surface area (Å²) < 4.78 is 20.0. The van der Waals surface area contributed by atoms with E-state index in [4.69, 9.17) is 16.0 Å². The van der Waals surface area contributed by atoms with Gasteiger partial charge in [-0.05, 0) is 31.2 Å². The molecule has 0 unspecified atom stereocenters. The van der Waals surface area contributed by atoms with E-state index in [0.717, 1.165) is 27.0 Å². The highest BCUT2D eigenvalue weighted by Crippen LogP contribution is 2.34. The van der Waals surface area contributed by atoms with Crippen LogP contribution in [-0.4, -0.2) is 10.9 Å². The van der Waals surface area contributed by atoms with Gasteiger partial charge in [0.25, 0.3) is 5.91 Å². The highest BCUT2D eigenvalue weighted by Gasteiger charge is 2.22. The van der Waals surface area contributed by atoms with Gasteiger partial charge in [-0.2, -0.15) is 0 Å². The zero-order valence-corrected chi connectivity index (χ0v) is 17.1. The van der Waals surface area contributed by atoms with Crippen molar-refractivity contribution >= 4 is 57.3 Å². The van der Waals surface area contributed by atoms with Crippen LogP contribution in [0.5, 0.6) is 0 Å². The number of nitrogens with zero attached hydrogens (tertiary/aromatic N) is 1. The number of hydrogen-bond donors (Lipinski definition) is 1. The molecule has 0 fully saturated rings. The fraction of sp³-hybridized carbons (Fsp3) is 0.100. The van der Waals surface area contributed by atoms with E-state index in [-0.39, 0.29) is 10.8 Å². The molecule has 4 aromatic rings. The van der Waals surface area contributed by atoms with Gasteiger partial charge in [-0.15, -0.1) is 11.3 Å². The van der Waals surface area contributed by atoms with Crippen LogP contribution in [0.3, 0.4) is 0 Å². The van der Waals surface area contributed by atoms with Crippen molar-refractivity contribution in [3.05, 3.63) is 75.7 Å². The molecule has 142 valence electrons. The van der Waals surface area contributed by atoms with E-state index < -0.39 is 11.7 Å². The first-order chi connectivity index (χ1) is 13.5. The molecular formula is C20H14ClFN2O2S2. The van der Waals surface area contributed by atoms with Crippen molar-refractivity contribution in [3.63, 3.8) is 0 Å². The lowest BCUT2D eigenvalue weighted by Crippen LogP contribution is -2.13. The van der Waals surface area contributed by atoms with Crippen molar-refractivity contribution < 1.29 is 13.6 Å². The van der Waals surface area contributed by atoms with Crippen LogP contribution in [-0.2, 0) is 5.75 Å². The number of thiazole rings is 1. The Bertz CT molecular complexity index is 1170. The van der Waals surface area contributed by atoms with E-state index in [2.05, 4.69) is 10.3 Å². The minimum atomic E-state index is -0.470. The smallest absolute Gasteiger partial charge is 0.291 e. The number of aromatic nitrogens is 1. The number of halogens is 2. The second-order valence-corrected chi connectivity index (χ2v) is 8.52. The number of amides is 1. The van der Waals surface area contributed by atoms with Crippen molar-refractivity contribution in [1.82, 2.24) is 4.98 Å². The third kappa shape index (κ3) is 3.92. The Hall–Kier alpha value is -2.35. The van der Waals surface area contributed by atoms with E-state index in [0.29, 0.717) is 17.0 Å². The van der Waals surface area contributed by atoms with Crippen LogP contribution in [0.2, 0.25) is 5.02 Å². The van der Waals surface area contributed by atoms with Crippen LogP contribution in [0.25, 0.3) is 11.0 Å². The standard InChI is InChI=1S/C20H14ClFN2O2S2/c1-11-9-27-20(23-11)28-10-14-13-4-2-3-5-17(13)26-18(14)19(25)24-16-7-6-12(22)8-15(16)21/h2-9H,10H2,1H3,(H,24,25). The molecule has 8 heteroatoms. The summed E-state index contributed by atoms with van der Waals surface area (Å²) in [4.78, 5) is 17.3. The predicted octanol–water partition coefficient (Wildman–Crippen LogP) is 6.53. The van der Waals surface area contributed by atoms with E-state index in [1.54, 1.807) is 23.1 Å². The Morgan fingerprint density at radius 1 is 1.32 bits per heavy atom. The Labute approximate surface area is 173 Å². The van der Waals surface area contributed by atoms with Gasteiger partial charge in [0, 0.05) is 27.8 Å². The predicted molar refractivity (Wildman–Crippen MR) is 112 cm³/mol. The SMILES string of the molecule is Cc1csc(SCc2c(C(=O)Nc3ccc(F)cc3Cl)oc3ccccc23)n1. The maximum absolute atomic E-state index is 13.3. The zero-order chi connectivity index (χ0) is 19.7. The Morgan fingerprint density at radius 2 is 2.14 bits per heavy atom. The summed E-state index contributed by atoms with van der Waals surface area (Å²) in [5.74, 6) is -0.162. The second-order valence-electron chi connectivity index (χ2n) is 6.03. The molecular weight excluding hydrogens is 419 g/mol. The first kappa shape index (κ1) is 19.0. The molecule has 2 aromatic heterocycles. The van der Waals surface area contributed by atoms with Crippen molar-refractivity contribution in [3.8, 4) is 0 Å². The van der Waals surface area contributed by atoms with Crippen LogP contribution < -0.4 is 5.32 Å². The first-order valence-electron chi connectivity index (χ1n) is 8.33. The van der Waals surface area contributed by atoms with E-state index in [1.807, 2.05) is 36.6 Å².